The van der Waals surface area contributed by atoms with E-state index in [2.05, 4.69) is 15.8 Å². The second-order valence-electron chi connectivity index (χ2n) is 4.71. The van der Waals surface area contributed by atoms with Gasteiger partial charge in [0.25, 0.3) is 0 Å². The summed E-state index contributed by atoms with van der Waals surface area (Å²) in [6.45, 7) is 0. The van der Waals surface area contributed by atoms with Gasteiger partial charge in [0.1, 0.15) is 0 Å². The van der Waals surface area contributed by atoms with Gasteiger partial charge in [-0.1, -0.05) is 23.2 Å². The lowest BCUT2D eigenvalue weighted by Gasteiger charge is -2.05. The Morgan fingerprint density at radius 2 is 1.88 bits per heavy atom. The molecule has 2 aromatic carbocycles. The Balaban J connectivity index is 1.94. The summed E-state index contributed by atoms with van der Waals surface area (Å²) >= 11 is 11.6. The third-order valence-electron chi connectivity index (χ3n) is 2.97. The average molecular weight is 382 g/mol. The first kappa shape index (κ1) is 18.6. The van der Waals surface area contributed by atoms with Gasteiger partial charge in [-0.15, -0.1) is 0 Å². The Hall–Kier alpha value is -2.77. The zero-order valence-electron chi connectivity index (χ0n) is 12.9. The van der Waals surface area contributed by atoms with E-state index in [1.54, 1.807) is 6.07 Å². The van der Waals surface area contributed by atoms with Crippen molar-refractivity contribution in [3.63, 3.8) is 0 Å². The summed E-state index contributed by atoms with van der Waals surface area (Å²) in [4.78, 5) is 23.5. The summed E-state index contributed by atoms with van der Waals surface area (Å²) in [5.74, 6) is -1.65. The van der Waals surface area contributed by atoms with E-state index >= 15 is 0 Å². The predicted molar refractivity (Wildman–Crippen MR) is 95.5 cm³/mol. The maximum Gasteiger partial charge on any atom is 0.329 e. The van der Waals surface area contributed by atoms with E-state index in [9.17, 15) is 14.7 Å². The molecular formula is C16H13Cl2N3O4. The van der Waals surface area contributed by atoms with Crippen molar-refractivity contribution in [1.82, 2.24) is 5.43 Å². The van der Waals surface area contributed by atoms with Crippen LogP contribution in [0.2, 0.25) is 10.0 Å². The normalized spacial score (nSPS) is 10.5. The van der Waals surface area contributed by atoms with Crippen LogP contribution in [-0.2, 0) is 9.59 Å². The molecule has 0 aliphatic heterocycles. The molecule has 0 spiro atoms. The summed E-state index contributed by atoms with van der Waals surface area (Å²) in [5.41, 5.74) is 2.96. The largest absolute Gasteiger partial charge is 0.504 e. The molecule has 2 aromatic rings. The number of nitrogens with one attached hydrogen (secondary N) is 2. The minimum absolute atomic E-state index is 0.0234. The Kier molecular flexibility index (Phi) is 6.21. The minimum atomic E-state index is -0.965. The number of hydrogen-bond acceptors (Lipinski definition) is 5. The lowest BCUT2D eigenvalue weighted by Crippen LogP contribution is -2.32. The zero-order chi connectivity index (χ0) is 18.4. The molecule has 0 fully saturated rings. The number of ether oxygens (including phenoxy) is 1. The van der Waals surface area contributed by atoms with Crippen molar-refractivity contribution in [2.45, 2.75) is 0 Å². The van der Waals surface area contributed by atoms with Crippen LogP contribution in [0, 0.1) is 0 Å². The Labute approximate surface area is 153 Å². The third-order valence-corrected chi connectivity index (χ3v) is 3.71. The number of hydrazone groups is 1. The van der Waals surface area contributed by atoms with Gasteiger partial charge in [0, 0.05) is 5.69 Å². The van der Waals surface area contributed by atoms with Gasteiger partial charge in [-0.25, -0.2) is 5.43 Å². The number of nitrogens with zero attached hydrogens (tertiary/aromatic N) is 1. The lowest BCUT2D eigenvalue weighted by atomic mass is 10.2. The molecule has 0 radical (unpaired) electrons. The Bertz CT molecular complexity index is 840. The fraction of sp³-hybridized carbons (Fsp3) is 0.0625. The van der Waals surface area contributed by atoms with Gasteiger partial charge >= 0.3 is 11.8 Å². The Morgan fingerprint density at radius 1 is 1.12 bits per heavy atom. The van der Waals surface area contributed by atoms with Crippen molar-refractivity contribution in [2.75, 3.05) is 12.4 Å². The standard InChI is InChI=1S/C16H13Cl2N3O4/c1-25-14-6-9(2-5-13(14)22)8-19-21-16(24)15(23)20-10-3-4-11(17)12(18)7-10/h2-8,22H,1H3,(H,20,23)(H,21,24). The number of anilines is 1. The van der Waals surface area contributed by atoms with Gasteiger partial charge in [-0.05, 0) is 42.0 Å². The fourth-order valence-corrected chi connectivity index (χ4v) is 2.05. The lowest BCUT2D eigenvalue weighted by molar-refractivity contribution is -0.136. The quantitative estimate of drug-likeness (QED) is 0.430. The van der Waals surface area contributed by atoms with Crippen LogP contribution in [-0.4, -0.2) is 30.2 Å². The second-order valence-corrected chi connectivity index (χ2v) is 5.53. The molecule has 0 aliphatic rings. The number of phenolic OH excluding ortho intramolecular Hbond substituents is 1. The van der Waals surface area contributed by atoms with Crippen molar-refractivity contribution < 1.29 is 19.4 Å². The molecule has 0 aliphatic carbocycles. The Morgan fingerprint density at radius 3 is 2.56 bits per heavy atom. The molecule has 0 saturated carbocycles. The molecule has 25 heavy (non-hydrogen) atoms. The first-order valence-corrected chi connectivity index (χ1v) is 7.62. The van der Waals surface area contributed by atoms with E-state index in [1.165, 1.54) is 43.7 Å². The second kappa shape index (κ2) is 8.36. The van der Waals surface area contributed by atoms with E-state index in [0.29, 0.717) is 16.3 Å². The number of amides is 2. The van der Waals surface area contributed by atoms with Crippen LogP contribution in [0.5, 0.6) is 11.5 Å². The molecule has 9 heteroatoms. The number of phenols is 1. The molecule has 2 rings (SSSR count). The number of rotatable bonds is 4. The van der Waals surface area contributed by atoms with Crippen LogP contribution in [0.15, 0.2) is 41.5 Å². The molecule has 3 N–H and O–H groups in total. The highest BCUT2D eigenvalue weighted by molar-refractivity contribution is 6.42. The van der Waals surface area contributed by atoms with Crippen LogP contribution >= 0.6 is 23.2 Å². The van der Waals surface area contributed by atoms with E-state index in [0.717, 1.165) is 0 Å². The summed E-state index contributed by atoms with van der Waals surface area (Å²) < 4.78 is 4.95. The van der Waals surface area contributed by atoms with Gasteiger partial charge in [0.05, 0.1) is 23.4 Å². The van der Waals surface area contributed by atoms with Gasteiger partial charge in [0.2, 0.25) is 0 Å². The van der Waals surface area contributed by atoms with Crippen molar-refractivity contribution in [3.05, 3.63) is 52.0 Å². The highest BCUT2D eigenvalue weighted by Gasteiger charge is 2.13. The van der Waals surface area contributed by atoms with Crippen LogP contribution in [0.25, 0.3) is 0 Å². The van der Waals surface area contributed by atoms with Gasteiger partial charge in [0.15, 0.2) is 11.5 Å². The van der Waals surface area contributed by atoms with Crippen molar-refractivity contribution in [1.29, 1.82) is 0 Å². The van der Waals surface area contributed by atoms with Crippen molar-refractivity contribution in [3.8, 4) is 11.5 Å². The van der Waals surface area contributed by atoms with E-state index in [4.69, 9.17) is 27.9 Å². The van der Waals surface area contributed by atoms with Crippen molar-refractivity contribution >= 4 is 46.9 Å². The van der Waals surface area contributed by atoms with Gasteiger partial charge < -0.3 is 15.2 Å². The maximum atomic E-state index is 11.8. The fourth-order valence-electron chi connectivity index (χ4n) is 1.75. The monoisotopic (exact) mass is 381 g/mol. The predicted octanol–water partition coefficient (Wildman–Crippen LogP) is 2.80. The molecule has 0 aromatic heterocycles. The van der Waals surface area contributed by atoms with E-state index < -0.39 is 11.8 Å². The molecule has 0 heterocycles. The highest BCUT2D eigenvalue weighted by Crippen LogP contribution is 2.26. The van der Waals surface area contributed by atoms with Crippen LogP contribution in [0.4, 0.5) is 5.69 Å². The minimum Gasteiger partial charge on any atom is -0.504 e. The molecule has 7 nitrogen and oxygen atoms in total. The SMILES string of the molecule is COc1cc(C=NNC(=O)C(=O)Nc2ccc(Cl)c(Cl)c2)ccc1O. The van der Waals surface area contributed by atoms with E-state index in [-0.39, 0.29) is 16.5 Å². The number of halogens is 2. The molecule has 0 bridgehead atoms. The average Bonchev–Trinajstić information content (AvgIpc) is 2.59. The first-order chi connectivity index (χ1) is 11.9. The third kappa shape index (κ3) is 5.10. The van der Waals surface area contributed by atoms with Crippen LogP contribution in [0.1, 0.15) is 5.56 Å². The van der Waals surface area contributed by atoms with E-state index in [1.807, 2.05) is 0 Å². The molecule has 130 valence electrons. The number of aromatic hydroxyl groups is 1. The topological polar surface area (TPSA) is 100 Å². The number of carbonyl (C=O) groups is 2. The summed E-state index contributed by atoms with van der Waals surface area (Å²) in [5, 5.41) is 16.1. The van der Waals surface area contributed by atoms with Crippen molar-refractivity contribution in [2.24, 2.45) is 5.10 Å². The number of carbonyl (C=O) groups excluding carboxylic acids is 2. The maximum absolute atomic E-state index is 11.8. The van der Waals surface area contributed by atoms with Gasteiger partial charge in [-0.2, -0.15) is 5.10 Å². The number of hydrogen-bond donors (Lipinski definition) is 3. The summed E-state index contributed by atoms with van der Waals surface area (Å²) in [6, 6.07) is 8.91. The van der Waals surface area contributed by atoms with Gasteiger partial charge in [-0.3, -0.25) is 9.59 Å². The first-order valence-electron chi connectivity index (χ1n) is 6.87. The molecule has 2 amide bonds. The van der Waals surface area contributed by atoms with Crippen LogP contribution in [0.3, 0.4) is 0 Å². The number of methoxy groups -OCH3 is 1. The molecule has 0 saturated heterocycles. The zero-order valence-corrected chi connectivity index (χ0v) is 14.4. The van der Waals surface area contributed by atoms with Crippen LogP contribution < -0.4 is 15.5 Å². The molecule has 0 unspecified atom stereocenters. The summed E-state index contributed by atoms with van der Waals surface area (Å²) in [6.07, 6.45) is 1.30. The number of benzene rings is 2. The molecule has 0 atom stereocenters. The molecular weight excluding hydrogens is 369 g/mol. The summed E-state index contributed by atoms with van der Waals surface area (Å²) in [7, 11) is 1.41. The highest BCUT2D eigenvalue weighted by atomic mass is 35.5. The smallest absolute Gasteiger partial charge is 0.329 e.